The molecule has 3 aromatic rings. The molecule has 166 valence electrons. The Bertz CT molecular complexity index is 1210. The van der Waals surface area contributed by atoms with Crippen molar-refractivity contribution in [3.63, 3.8) is 0 Å². The Morgan fingerprint density at radius 3 is 2.75 bits per heavy atom. The Morgan fingerprint density at radius 2 is 1.97 bits per heavy atom. The highest BCUT2D eigenvalue weighted by atomic mass is 19.2. The third-order valence-corrected chi connectivity index (χ3v) is 5.94. The zero-order chi connectivity index (χ0) is 22.6. The molecule has 0 fully saturated rings. The van der Waals surface area contributed by atoms with Gasteiger partial charge >= 0.3 is 6.03 Å². The number of nitrogens with one attached hydrogen (secondary N) is 1. The van der Waals surface area contributed by atoms with Crippen molar-refractivity contribution in [2.24, 2.45) is 0 Å². The fourth-order valence-electron chi connectivity index (χ4n) is 4.20. The van der Waals surface area contributed by atoms with Gasteiger partial charge in [-0.3, -0.25) is 14.2 Å². The van der Waals surface area contributed by atoms with E-state index in [-0.39, 0.29) is 36.3 Å². The Morgan fingerprint density at radius 1 is 1.16 bits per heavy atom. The lowest BCUT2D eigenvalue weighted by Crippen LogP contribution is -2.47. The first-order chi connectivity index (χ1) is 15.3. The molecule has 0 saturated carbocycles. The lowest BCUT2D eigenvalue weighted by molar-refractivity contribution is -0.120. The molecule has 32 heavy (non-hydrogen) atoms. The van der Waals surface area contributed by atoms with Crippen LogP contribution in [0.25, 0.3) is 0 Å². The molecule has 2 aliphatic heterocycles. The van der Waals surface area contributed by atoms with Crippen molar-refractivity contribution < 1.29 is 18.4 Å². The van der Waals surface area contributed by atoms with Crippen molar-refractivity contribution in [3.05, 3.63) is 59.2 Å². The summed E-state index contributed by atoms with van der Waals surface area (Å²) in [6.07, 6.45) is 3.30. The summed E-state index contributed by atoms with van der Waals surface area (Å²) >= 11 is 0. The van der Waals surface area contributed by atoms with Crippen LogP contribution in [0, 0.1) is 18.6 Å². The monoisotopic (exact) mass is 441 g/mol. The molecule has 1 atom stereocenters. The van der Waals surface area contributed by atoms with Gasteiger partial charge < -0.3 is 15.1 Å². The fourth-order valence-corrected chi connectivity index (χ4v) is 4.20. The quantitative estimate of drug-likeness (QED) is 0.662. The van der Waals surface area contributed by atoms with Gasteiger partial charge in [0.1, 0.15) is 6.54 Å². The Balaban J connectivity index is 1.39. The first-order valence-corrected chi connectivity index (χ1v) is 10.2. The highest BCUT2D eigenvalue weighted by Gasteiger charge is 2.34. The van der Waals surface area contributed by atoms with Crippen LogP contribution in [-0.4, -0.2) is 42.4 Å². The van der Waals surface area contributed by atoms with Crippen LogP contribution in [0.15, 0.2) is 30.6 Å². The number of aromatic nitrogens is 4. The standard InChI is InChI=1S/C21H21F2N7O2/c1-12-5-14(6-16(22)20(12)23)26-21(32)27-10-18-17(7-25-30(18)8-13(27)2)28-9-15-3-4-24-29(15)11-19(28)31/h3-7,13H,8-11H2,1-2H3,(H,26,32)/t13-/m0/s1. The molecule has 2 aromatic heterocycles. The number of carbonyl (C=O) groups excluding carboxylic acids is 2. The maximum atomic E-state index is 13.7. The summed E-state index contributed by atoms with van der Waals surface area (Å²) in [6, 6.07) is 3.57. The van der Waals surface area contributed by atoms with Crippen LogP contribution in [0.1, 0.15) is 23.9 Å². The highest BCUT2D eigenvalue weighted by molar-refractivity contribution is 5.95. The van der Waals surface area contributed by atoms with Crippen molar-refractivity contribution in [1.82, 2.24) is 24.5 Å². The van der Waals surface area contributed by atoms with E-state index in [0.29, 0.717) is 18.8 Å². The molecule has 0 spiro atoms. The average Bonchev–Trinajstić information content (AvgIpc) is 3.36. The van der Waals surface area contributed by atoms with Crippen LogP contribution in [0.2, 0.25) is 0 Å². The number of rotatable bonds is 2. The fraction of sp³-hybridized carbons (Fsp3) is 0.333. The number of fused-ring (bicyclic) bond motifs is 2. The van der Waals surface area contributed by atoms with Gasteiger partial charge in [-0.1, -0.05) is 0 Å². The molecular formula is C21H21F2N7O2. The molecular weight excluding hydrogens is 420 g/mol. The van der Waals surface area contributed by atoms with Gasteiger partial charge in [0.05, 0.1) is 48.9 Å². The van der Waals surface area contributed by atoms with Gasteiger partial charge in [0.15, 0.2) is 11.6 Å². The second-order valence-corrected chi connectivity index (χ2v) is 8.11. The van der Waals surface area contributed by atoms with E-state index < -0.39 is 17.7 Å². The van der Waals surface area contributed by atoms with Crippen LogP contribution < -0.4 is 10.2 Å². The number of carbonyl (C=O) groups is 2. The number of halogens is 2. The minimum Gasteiger partial charge on any atom is -0.314 e. The molecule has 0 saturated heterocycles. The largest absolute Gasteiger partial charge is 0.322 e. The molecule has 0 radical (unpaired) electrons. The molecule has 2 aliphatic rings. The second kappa shape index (κ2) is 7.43. The maximum Gasteiger partial charge on any atom is 0.322 e. The van der Waals surface area contributed by atoms with E-state index in [1.807, 2.05) is 13.0 Å². The predicted molar refractivity (Wildman–Crippen MR) is 111 cm³/mol. The number of hydrogen-bond donors (Lipinski definition) is 1. The molecule has 1 aromatic carbocycles. The first-order valence-electron chi connectivity index (χ1n) is 10.2. The summed E-state index contributed by atoms with van der Waals surface area (Å²) in [5.41, 5.74) is 2.58. The Hall–Kier alpha value is -3.76. The van der Waals surface area contributed by atoms with E-state index in [9.17, 15) is 18.4 Å². The SMILES string of the molecule is Cc1cc(NC(=O)N2Cc3c(N4Cc5ccnn5CC4=O)cnn3C[C@@H]2C)cc(F)c1F. The second-order valence-electron chi connectivity index (χ2n) is 8.11. The number of hydrogen-bond acceptors (Lipinski definition) is 4. The lowest BCUT2D eigenvalue weighted by Gasteiger charge is -2.35. The molecule has 11 heteroatoms. The number of anilines is 2. The van der Waals surface area contributed by atoms with Crippen molar-refractivity contribution in [3.8, 4) is 0 Å². The van der Waals surface area contributed by atoms with E-state index in [0.717, 1.165) is 17.5 Å². The molecule has 3 amide bonds. The predicted octanol–water partition coefficient (Wildman–Crippen LogP) is 2.65. The Kier molecular flexibility index (Phi) is 4.68. The summed E-state index contributed by atoms with van der Waals surface area (Å²) < 4.78 is 30.8. The normalized spacial score (nSPS) is 17.9. The molecule has 4 heterocycles. The topological polar surface area (TPSA) is 88.3 Å². The molecule has 0 unspecified atom stereocenters. The van der Waals surface area contributed by atoms with Crippen LogP contribution in [0.3, 0.4) is 0 Å². The van der Waals surface area contributed by atoms with Gasteiger partial charge in [-0.05, 0) is 31.5 Å². The van der Waals surface area contributed by atoms with Crippen LogP contribution >= 0.6 is 0 Å². The van der Waals surface area contributed by atoms with Crippen LogP contribution in [0.5, 0.6) is 0 Å². The number of urea groups is 1. The minimum atomic E-state index is -1.02. The van der Waals surface area contributed by atoms with Crippen LogP contribution in [0.4, 0.5) is 25.0 Å². The summed E-state index contributed by atoms with van der Waals surface area (Å²) in [4.78, 5) is 28.9. The van der Waals surface area contributed by atoms with Gasteiger partial charge in [-0.25, -0.2) is 13.6 Å². The minimum absolute atomic E-state index is 0.107. The van der Waals surface area contributed by atoms with E-state index in [2.05, 4.69) is 15.5 Å². The zero-order valence-corrected chi connectivity index (χ0v) is 17.5. The highest BCUT2D eigenvalue weighted by Crippen LogP contribution is 2.30. The van der Waals surface area contributed by atoms with Crippen molar-refractivity contribution >= 4 is 23.3 Å². The van der Waals surface area contributed by atoms with Crippen molar-refractivity contribution in [2.45, 2.75) is 46.1 Å². The lowest BCUT2D eigenvalue weighted by atomic mass is 10.1. The summed E-state index contributed by atoms with van der Waals surface area (Å²) in [7, 11) is 0. The number of benzene rings is 1. The number of nitrogens with zero attached hydrogens (tertiary/aromatic N) is 6. The summed E-state index contributed by atoms with van der Waals surface area (Å²) in [5.74, 6) is -2.06. The van der Waals surface area contributed by atoms with Gasteiger partial charge in [0.25, 0.3) is 0 Å². The van der Waals surface area contributed by atoms with Crippen LogP contribution in [-0.2, 0) is 31.0 Å². The van der Waals surface area contributed by atoms with Gasteiger partial charge in [0, 0.05) is 18.0 Å². The van der Waals surface area contributed by atoms with Gasteiger partial charge in [-0.15, -0.1) is 0 Å². The number of amides is 3. The third kappa shape index (κ3) is 3.29. The van der Waals surface area contributed by atoms with Crippen molar-refractivity contribution in [2.75, 3.05) is 10.2 Å². The summed E-state index contributed by atoms with van der Waals surface area (Å²) in [5, 5.41) is 11.2. The molecule has 0 aliphatic carbocycles. The smallest absolute Gasteiger partial charge is 0.314 e. The molecule has 0 bridgehead atoms. The zero-order valence-electron chi connectivity index (χ0n) is 17.5. The van der Waals surface area contributed by atoms with E-state index in [1.165, 1.54) is 13.0 Å². The summed E-state index contributed by atoms with van der Waals surface area (Å²) in [6.45, 7) is 4.49. The van der Waals surface area contributed by atoms with Gasteiger partial charge in [-0.2, -0.15) is 10.2 Å². The maximum absolute atomic E-state index is 13.7. The first kappa shape index (κ1) is 20.2. The van der Waals surface area contributed by atoms with Crippen molar-refractivity contribution in [1.29, 1.82) is 0 Å². The van der Waals surface area contributed by atoms with E-state index >= 15 is 0 Å². The van der Waals surface area contributed by atoms with Gasteiger partial charge in [0.2, 0.25) is 5.91 Å². The average molecular weight is 441 g/mol. The molecule has 9 nitrogen and oxygen atoms in total. The Labute approximate surface area is 182 Å². The van der Waals surface area contributed by atoms with E-state index in [1.54, 1.807) is 31.6 Å². The number of aryl methyl sites for hydroxylation is 1. The van der Waals surface area contributed by atoms with E-state index in [4.69, 9.17) is 0 Å². The molecule has 1 N–H and O–H groups in total. The third-order valence-electron chi connectivity index (χ3n) is 5.94. The molecule has 5 rings (SSSR count).